The van der Waals surface area contributed by atoms with Crippen LogP contribution >= 0.6 is 0 Å². The standard InChI is InChI=1S/C23H25N3O3S/c1-18-13-14-19(17-22(18)25-30(28,29)21-11-7-4-8-12-21)23(27)24-15-16-26(2)20-9-5-3-6-10-20/h3-14,17,25H,15-16H2,1-2H3,(H,24,27). The molecule has 0 saturated heterocycles. The molecule has 2 N–H and O–H groups in total. The highest BCUT2D eigenvalue weighted by Gasteiger charge is 2.16. The van der Waals surface area contributed by atoms with Crippen molar-refractivity contribution >= 4 is 27.3 Å². The molecular formula is C23H25N3O3S. The summed E-state index contributed by atoms with van der Waals surface area (Å²) in [6, 6.07) is 23.0. The molecule has 0 bridgehead atoms. The molecule has 0 aromatic heterocycles. The Bertz CT molecular complexity index is 1100. The average molecular weight is 424 g/mol. The maximum atomic E-state index is 12.6. The number of amides is 1. The van der Waals surface area contributed by atoms with Crippen molar-refractivity contribution in [3.8, 4) is 0 Å². The molecule has 0 saturated carbocycles. The monoisotopic (exact) mass is 423 g/mol. The van der Waals surface area contributed by atoms with E-state index in [0.717, 1.165) is 11.3 Å². The van der Waals surface area contributed by atoms with Gasteiger partial charge in [-0.1, -0.05) is 42.5 Å². The Kier molecular flexibility index (Phi) is 6.74. The molecule has 30 heavy (non-hydrogen) atoms. The van der Waals surface area contributed by atoms with Crippen LogP contribution in [-0.2, 0) is 10.0 Å². The van der Waals surface area contributed by atoms with Crippen LogP contribution in [0.4, 0.5) is 11.4 Å². The highest BCUT2D eigenvalue weighted by Crippen LogP contribution is 2.21. The van der Waals surface area contributed by atoms with Crippen molar-refractivity contribution in [3.05, 3.63) is 90.0 Å². The van der Waals surface area contributed by atoms with Crippen molar-refractivity contribution in [1.82, 2.24) is 5.32 Å². The number of rotatable bonds is 8. The summed E-state index contributed by atoms with van der Waals surface area (Å²) in [6.07, 6.45) is 0. The van der Waals surface area contributed by atoms with Crippen molar-refractivity contribution in [1.29, 1.82) is 0 Å². The Balaban J connectivity index is 1.65. The van der Waals surface area contributed by atoms with Crippen LogP contribution in [0.15, 0.2) is 83.8 Å². The Morgan fingerprint density at radius 1 is 0.933 bits per heavy atom. The van der Waals surface area contributed by atoms with Crippen LogP contribution in [0.25, 0.3) is 0 Å². The molecule has 0 atom stereocenters. The Hall–Kier alpha value is -3.32. The molecule has 3 rings (SSSR count). The first kappa shape index (κ1) is 21.4. The summed E-state index contributed by atoms with van der Waals surface area (Å²) < 4.78 is 27.8. The molecule has 3 aromatic carbocycles. The minimum absolute atomic E-state index is 0.170. The number of sulfonamides is 1. The largest absolute Gasteiger partial charge is 0.373 e. The van der Waals surface area contributed by atoms with E-state index in [-0.39, 0.29) is 10.8 Å². The fourth-order valence-electron chi connectivity index (χ4n) is 2.93. The first-order valence-electron chi connectivity index (χ1n) is 9.60. The van der Waals surface area contributed by atoms with Crippen molar-refractivity contribution in [2.45, 2.75) is 11.8 Å². The summed E-state index contributed by atoms with van der Waals surface area (Å²) in [5.74, 6) is -0.253. The van der Waals surface area contributed by atoms with Gasteiger partial charge in [-0.2, -0.15) is 0 Å². The van der Waals surface area contributed by atoms with Crippen LogP contribution < -0.4 is 14.9 Å². The van der Waals surface area contributed by atoms with Crippen molar-refractivity contribution in [2.24, 2.45) is 0 Å². The second kappa shape index (κ2) is 9.45. The molecule has 0 aliphatic heterocycles. The lowest BCUT2D eigenvalue weighted by Crippen LogP contribution is -2.33. The molecular weight excluding hydrogens is 398 g/mol. The highest BCUT2D eigenvalue weighted by molar-refractivity contribution is 7.92. The summed E-state index contributed by atoms with van der Waals surface area (Å²) in [4.78, 5) is 14.8. The molecule has 6 nitrogen and oxygen atoms in total. The number of anilines is 2. The fourth-order valence-corrected chi connectivity index (χ4v) is 4.07. The number of nitrogens with zero attached hydrogens (tertiary/aromatic N) is 1. The lowest BCUT2D eigenvalue weighted by Gasteiger charge is -2.19. The molecule has 7 heteroatoms. The van der Waals surface area contributed by atoms with E-state index in [9.17, 15) is 13.2 Å². The number of hydrogen-bond donors (Lipinski definition) is 2. The highest BCUT2D eigenvalue weighted by atomic mass is 32.2. The van der Waals surface area contributed by atoms with Gasteiger partial charge in [0.15, 0.2) is 0 Å². The Labute approximate surface area is 177 Å². The zero-order valence-electron chi connectivity index (χ0n) is 17.0. The molecule has 3 aromatic rings. The van der Waals surface area contributed by atoms with Gasteiger partial charge < -0.3 is 10.2 Å². The van der Waals surface area contributed by atoms with Crippen LogP contribution in [0.2, 0.25) is 0 Å². The average Bonchev–Trinajstić information content (AvgIpc) is 2.76. The molecule has 0 aliphatic rings. The number of hydrogen-bond acceptors (Lipinski definition) is 4. The molecule has 1 amide bonds. The van der Waals surface area contributed by atoms with Crippen LogP contribution in [0, 0.1) is 6.92 Å². The fraction of sp³-hybridized carbons (Fsp3) is 0.174. The predicted molar refractivity (Wildman–Crippen MR) is 120 cm³/mol. The number of likely N-dealkylation sites (N-methyl/N-ethyl adjacent to an activating group) is 1. The van der Waals surface area contributed by atoms with Gasteiger partial charge in [-0.15, -0.1) is 0 Å². The third kappa shape index (κ3) is 5.39. The van der Waals surface area contributed by atoms with Crippen molar-refractivity contribution in [2.75, 3.05) is 29.8 Å². The topological polar surface area (TPSA) is 78.5 Å². The quantitative estimate of drug-likeness (QED) is 0.580. The lowest BCUT2D eigenvalue weighted by atomic mass is 10.1. The summed E-state index contributed by atoms with van der Waals surface area (Å²) >= 11 is 0. The van der Waals surface area contributed by atoms with E-state index in [1.165, 1.54) is 12.1 Å². The van der Waals surface area contributed by atoms with Gasteiger partial charge in [0.25, 0.3) is 15.9 Å². The number of aryl methyl sites for hydroxylation is 1. The van der Waals surface area contributed by atoms with Gasteiger partial charge in [-0.3, -0.25) is 9.52 Å². The molecule has 0 fully saturated rings. The van der Waals surface area contributed by atoms with E-state index in [1.54, 1.807) is 43.3 Å². The van der Waals surface area contributed by atoms with E-state index < -0.39 is 10.0 Å². The summed E-state index contributed by atoms with van der Waals surface area (Å²) in [5.41, 5.74) is 2.58. The molecule has 156 valence electrons. The zero-order valence-corrected chi connectivity index (χ0v) is 17.8. The summed E-state index contributed by atoms with van der Waals surface area (Å²) in [6.45, 7) is 2.90. The van der Waals surface area contributed by atoms with Crippen LogP contribution in [0.5, 0.6) is 0 Å². The van der Waals surface area contributed by atoms with Gasteiger partial charge in [0, 0.05) is 31.4 Å². The van der Waals surface area contributed by atoms with E-state index in [2.05, 4.69) is 14.9 Å². The van der Waals surface area contributed by atoms with Gasteiger partial charge >= 0.3 is 0 Å². The molecule has 0 unspecified atom stereocenters. The van der Waals surface area contributed by atoms with E-state index in [1.807, 2.05) is 37.4 Å². The minimum atomic E-state index is -3.73. The number of benzene rings is 3. The first-order valence-corrected chi connectivity index (χ1v) is 11.1. The number of nitrogens with one attached hydrogen (secondary N) is 2. The summed E-state index contributed by atoms with van der Waals surface area (Å²) in [7, 11) is -1.76. The number of carbonyl (C=O) groups excluding carboxylic acids is 1. The predicted octanol–water partition coefficient (Wildman–Crippen LogP) is 3.66. The maximum Gasteiger partial charge on any atom is 0.261 e. The molecule has 0 aliphatic carbocycles. The van der Waals surface area contributed by atoms with Crippen LogP contribution in [0.1, 0.15) is 15.9 Å². The van der Waals surface area contributed by atoms with Crippen LogP contribution in [0.3, 0.4) is 0 Å². The third-order valence-electron chi connectivity index (χ3n) is 4.73. The molecule has 0 heterocycles. The van der Waals surface area contributed by atoms with Gasteiger partial charge in [0.05, 0.1) is 10.6 Å². The number of carbonyl (C=O) groups is 1. The zero-order chi connectivity index (χ0) is 21.6. The molecule has 0 radical (unpaired) electrons. The Morgan fingerprint density at radius 2 is 1.57 bits per heavy atom. The summed E-state index contributed by atoms with van der Waals surface area (Å²) in [5, 5.41) is 2.88. The first-order chi connectivity index (χ1) is 14.4. The molecule has 0 spiro atoms. The normalized spacial score (nSPS) is 11.0. The second-order valence-corrected chi connectivity index (χ2v) is 8.64. The smallest absolute Gasteiger partial charge is 0.261 e. The van der Waals surface area contributed by atoms with E-state index >= 15 is 0 Å². The van der Waals surface area contributed by atoms with E-state index in [4.69, 9.17) is 0 Å². The number of para-hydroxylation sites is 1. The van der Waals surface area contributed by atoms with Gasteiger partial charge in [0.1, 0.15) is 0 Å². The SMILES string of the molecule is Cc1ccc(C(=O)NCCN(C)c2ccccc2)cc1NS(=O)(=O)c1ccccc1. The van der Waals surface area contributed by atoms with Gasteiger partial charge in [0.2, 0.25) is 0 Å². The Morgan fingerprint density at radius 3 is 2.23 bits per heavy atom. The lowest BCUT2D eigenvalue weighted by molar-refractivity contribution is 0.0954. The minimum Gasteiger partial charge on any atom is -0.373 e. The van der Waals surface area contributed by atoms with Gasteiger partial charge in [-0.05, 0) is 48.9 Å². The van der Waals surface area contributed by atoms with Crippen LogP contribution in [-0.4, -0.2) is 34.5 Å². The second-order valence-electron chi connectivity index (χ2n) is 6.96. The third-order valence-corrected chi connectivity index (χ3v) is 6.11. The maximum absolute atomic E-state index is 12.6. The van der Waals surface area contributed by atoms with Crippen molar-refractivity contribution in [3.63, 3.8) is 0 Å². The van der Waals surface area contributed by atoms with E-state index in [0.29, 0.717) is 24.3 Å². The van der Waals surface area contributed by atoms with Gasteiger partial charge in [-0.25, -0.2) is 8.42 Å². The van der Waals surface area contributed by atoms with Crippen molar-refractivity contribution < 1.29 is 13.2 Å².